The van der Waals surface area contributed by atoms with Crippen LogP contribution in [0.15, 0.2) is 45.3 Å². The smallest absolute Gasteiger partial charge is 0.138 e. The van der Waals surface area contributed by atoms with Gasteiger partial charge in [-0.3, -0.25) is 0 Å². The molecule has 3 nitrogen and oxygen atoms in total. The molecular formula is C15H15Br2NO2. The lowest BCUT2D eigenvalue weighted by molar-refractivity contribution is 0.334. The SMILES string of the molecule is CCOc1c(Br)cc(Br)cc1CNc1cccc(O)c1. The molecule has 20 heavy (non-hydrogen) atoms. The quantitative estimate of drug-likeness (QED) is 0.747. The van der Waals surface area contributed by atoms with Crippen molar-refractivity contribution in [1.82, 2.24) is 0 Å². The highest BCUT2D eigenvalue weighted by molar-refractivity contribution is 9.11. The first-order chi connectivity index (χ1) is 9.60. The summed E-state index contributed by atoms with van der Waals surface area (Å²) in [5.41, 5.74) is 1.90. The molecule has 0 aliphatic carbocycles. The van der Waals surface area contributed by atoms with Crippen LogP contribution in [-0.4, -0.2) is 11.7 Å². The third kappa shape index (κ3) is 3.90. The van der Waals surface area contributed by atoms with Crippen molar-refractivity contribution in [2.45, 2.75) is 13.5 Å². The van der Waals surface area contributed by atoms with E-state index in [1.54, 1.807) is 18.2 Å². The van der Waals surface area contributed by atoms with Crippen LogP contribution in [0.1, 0.15) is 12.5 Å². The number of halogens is 2. The van der Waals surface area contributed by atoms with Crippen LogP contribution in [0.25, 0.3) is 0 Å². The Morgan fingerprint density at radius 2 is 2.00 bits per heavy atom. The third-order valence-corrected chi connectivity index (χ3v) is 3.75. The Labute approximate surface area is 135 Å². The summed E-state index contributed by atoms with van der Waals surface area (Å²) in [5, 5.41) is 12.7. The highest BCUT2D eigenvalue weighted by Gasteiger charge is 2.10. The van der Waals surface area contributed by atoms with E-state index in [1.165, 1.54) is 0 Å². The normalized spacial score (nSPS) is 10.3. The van der Waals surface area contributed by atoms with Gasteiger partial charge in [-0.15, -0.1) is 0 Å². The number of hydrogen-bond donors (Lipinski definition) is 2. The molecule has 0 spiro atoms. The molecule has 0 aliphatic rings. The molecule has 0 saturated carbocycles. The number of hydrogen-bond acceptors (Lipinski definition) is 3. The first-order valence-corrected chi connectivity index (χ1v) is 7.82. The van der Waals surface area contributed by atoms with Crippen LogP contribution >= 0.6 is 31.9 Å². The number of aromatic hydroxyl groups is 1. The summed E-state index contributed by atoms with van der Waals surface area (Å²) in [6.45, 7) is 3.18. The van der Waals surface area contributed by atoms with Gasteiger partial charge in [-0.25, -0.2) is 0 Å². The van der Waals surface area contributed by atoms with Crippen molar-refractivity contribution in [3.63, 3.8) is 0 Å². The Kier molecular flexibility index (Phi) is 5.31. The van der Waals surface area contributed by atoms with Crippen molar-refractivity contribution in [2.75, 3.05) is 11.9 Å². The molecule has 2 aromatic rings. The zero-order valence-electron chi connectivity index (χ0n) is 11.0. The molecule has 2 aromatic carbocycles. The Morgan fingerprint density at radius 1 is 1.20 bits per heavy atom. The predicted octanol–water partition coefficient (Wildman–Crippen LogP) is 4.93. The van der Waals surface area contributed by atoms with E-state index in [9.17, 15) is 5.11 Å². The second-order valence-electron chi connectivity index (χ2n) is 4.21. The molecular weight excluding hydrogens is 386 g/mol. The monoisotopic (exact) mass is 399 g/mol. The largest absolute Gasteiger partial charge is 0.508 e. The maximum Gasteiger partial charge on any atom is 0.138 e. The van der Waals surface area contributed by atoms with Gasteiger partial charge in [0, 0.05) is 28.3 Å². The molecule has 0 unspecified atom stereocenters. The fraction of sp³-hybridized carbons (Fsp3) is 0.200. The van der Waals surface area contributed by atoms with Gasteiger partial charge >= 0.3 is 0 Å². The van der Waals surface area contributed by atoms with Gasteiger partial charge in [0.05, 0.1) is 11.1 Å². The number of anilines is 1. The van der Waals surface area contributed by atoms with Crippen molar-refractivity contribution in [1.29, 1.82) is 0 Å². The number of benzene rings is 2. The zero-order valence-corrected chi connectivity index (χ0v) is 14.2. The standard InChI is InChI=1S/C15H15Br2NO2/c1-2-20-15-10(6-11(16)7-14(15)17)9-18-12-4-3-5-13(19)8-12/h3-8,18-19H,2,9H2,1H3. The van der Waals surface area contributed by atoms with Crippen molar-refractivity contribution in [3.8, 4) is 11.5 Å². The van der Waals surface area contributed by atoms with Gasteiger partial charge in [0.25, 0.3) is 0 Å². The summed E-state index contributed by atoms with van der Waals surface area (Å²) in [5.74, 6) is 1.08. The van der Waals surface area contributed by atoms with Crippen LogP contribution in [0.2, 0.25) is 0 Å². The second-order valence-corrected chi connectivity index (χ2v) is 5.98. The van der Waals surface area contributed by atoms with Crippen LogP contribution in [0.5, 0.6) is 11.5 Å². The van der Waals surface area contributed by atoms with Gasteiger partial charge in [0.1, 0.15) is 11.5 Å². The molecule has 0 fully saturated rings. The maximum absolute atomic E-state index is 9.46. The van der Waals surface area contributed by atoms with Crippen molar-refractivity contribution in [2.24, 2.45) is 0 Å². The Bertz CT molecular complexity index is 602. The molecule has 2 rings (SSSR count). The highest BCUT2D eigenvalue weighted by Crippen LogP contribution is 2.33. The van der Waals surface area contributed by atoms with Crippen LogP contribution in [-0.2, 0) is 6.54 Å². The Morgan fingerprint density at radius 3 is 2.70 bits per heavy atom. The van der Waals surface area contributed by atoms with Gasteiger partial charge in [0.15, 0.2) is 0 Å². The van der Waals surface area contributed by atoms with E-state index < -0.39 is 0 Å². The Hall–Kier alpha value is -1.20. The zero-order chi connectivity index (χ0) is 14.5. The lowest BCUT2D eigenvalue weighted by Crippen LogP contribution is -2.04. The molecule has 0 radical (unpaired) electrons. The van der Waals surface area contributed by atoms with Gasteiger partial charge in [-0.1, -0.05) is 22.0 Å². The predicted molar refractivity (Wildman–Crippen MR) is 88.4 cm³/mol. The summed E-state index contributed by atoms with van der Waals surface area (Å²) in [4.78, 5) is 0. The fourth-order valence-electron chi connectivity index (χ4n) is 1.86. The van der Waals surface area contributed by atoms with Crippen LogP contribution in [0, 0.1) is 0 Å². The Balaban J connectivity index is 2.20. The summed E-state index contributed by atoms with van der Waals surface area (Å²) >= 11 is 7.00. The minimum Gasteiger partial charge on any atom is -0.508 e. The van der Waals surface area contributed by atoms with E-state index in [1.807, 2.05) is 25.1 Å². The van der Waals surface area contributed by atoms with Crippen LogP contribution in [0.4, 0.5) is 5.69 Å². The highest BCUT2D eigenvalue weighted by atomic mass is 79.9. The minimum atomic E-state index is 0.246. The number of phenols is 1. The van der Waals surface area contributed by atoms with Gasteiger partial charge in [-0.05, 0) is 47.1 Å². The van der Waals surface area contributed by atoms with E-state index in [4.69, 9.17) is 4.74 Å². The molecule has 0 atom stereocenters. The summed E-state index contributed by atoms with van der Waals surface area (Å²) in [7, 11) is 0. The van der Waals surface area contributed by atoms with Crippen LogP contribution < -0.4 is 10.1 Å². The van der Waals surface area contributed by atoms with E-state index in [0.29, 0.717) is 13.2 Å². The molecule has 0 saturated heterocycles. The number of rotatable bonds is 5. The molecule has 0 aliphatic heterocycles. The van der Waals surface area contributed by atoms with E-state index in [2.05, 4.69) is 37.2 Å². The summed E-state index contributed by atoms with van der Waals surface area (Å²) in [6.07, 6.45) is 0. The topological polar surface area (TPSA) is 41.5 Å². The van der Waals surface area contributed by atoms with Crippen molar-refractivity contribution < 1.29 is 9.84 Å². The van der Waals surface area contributed by atoms with E-state index in [0.717, 1.165) is 25.9 Å². The molecule has 106 valence electrons. The van der Waals surface area contributed by atoms with E-state index >= 15 is 0 Å². The lowest BCUT2D eigenvalue weighted by Gasteiger charge is -2.14. The molecule has 5 heteroatoms. The van der Waals surface area contributed by atoms with Gasteiger partial charge in [0.2, 0.25) is 0 Å². The average Bonchev–Trinajstić information content (AvgIpc) is 2.40. The molecule has 0 bridgehead atoms. The average molecular weight is 401 g/mol. The van der Waals surface area contributed by atoms with Crippen LogP contribution in [0.3, 0.4) is 0 Å². The van der Waals surface area contributed by atoms with E-state index in [-0.39, 0.29) is 5.75 Å². The maximum atomic E-state index is 9.46. The molecule has 2 N–H and O–H groups in total. The van der Waals surface area contributed by atoms with Gasteiger partial charge in [-0.2, -0.15) is 0 Å². The molecule has 0 aromatic heterocycles. The molecule has 0 amide bonds. The number of phenolic OH excluding ortho intramolecular Hbond substituents is 1. The number of nitrogens with one attached hydrogen (secondary N) is 1. The van der Waals surface area contributed by atoms with Crippen molar-refractivity contribution in [3.05, 3.63) is 50.9 Å². The minimum absolute atomic E-state index is 0.246. The first-order valence-electron chi connectivity index (χ1n) is 6.23. The molecule has 0 heterocycles. The fourth-order valence-corrected chi connectivity index (χ4v) is 3.29. The second kappa shape index (κ2) is 6.99. The summed E-state index contributed by atoms with van der Waals surface area (Å²) < 4.78 is 7.58. The third-order valence-electron chi connectivity index (χ3n) is 2.70. The van der Waals surface area contributed by atoms with Gasteiger partial charge < -0.3 is 15.2 Å². The van der Waals surface area contributed by atoms with Crippen molar-refractivity contribution >= 4 is 37.5 Å². The number of ether oxygens (including phenoxy) is 1. The summed E-state index contributed by atoms with van der Waals surface area (Å²) in [6, 6.07) is 11.0. The first kappa shape index (κ1) is 15.2. The lowest BCUT2D eigenvalue weighted by atomic mass is 10.2.